The number of imidazole rings is 1. The molecule has 0 aliphatic carbocycles. The van der Waals surface area contributed by atoms with E-state index in [2.05, 4.69) is 100 Å². The Kier molecular flexibility index (Phi) is 7.75. The summed E-state index contributed by atoms with van der Waals surface area (Å²) in [6, 6.07) is 15.2. The molecule has 1 saturated heterocycles. The lowest BCUT2D eigenvalue weighted by Crippen LogP contribution is -2.60. The predicted molar refractivity (Wildman–Crippen MR) is 169 cm³/mol. The summed E-state index contributed by atoms with van der Waals surface area (Å²) in [5.41, 5.74) is 8.01. The molecule has 218 valence electrons. The number of rotatable bonds is 7. The highest BCUT2D eigenvalue weighted by molar-refractivity contribution is 5.76. The van der Waals surface area contributed by atoms with Crippen molar-refractivity contribution in [2.75, 3.05) is 36.5 Å². The second-order valence-corrected chi connectivity index (χ2v) is 13.6. The summed E-state index contributed by atoms with van der Waals surface area (Å²) in [6.07, 6.45) is 2.69. The van der Waals surface area contributed by atoms with Crippen molar-refractivity contribution in [3.8, 4) is 5.75 Å². The molecule has 1 fully saturated rings. The van der Waals surface area contributed by atoms with Gasteiger partial charge in [-0.25, -0.2) is 9.97 Å². The number of methoxy groups -OCH3 is 1. The second kappa shape index (κ2) is 11.0. The molecule has 1 aliphatic heterocycles. The molecule has 7 heteroatoms. The Labute approximate surface area is 245 Å². The molecular formula is C34H46N6O. The van der Waals surface area contributed by atoms with Gasteiger partial charge in [0.25, 0.3) is 0 Å². The molecule has 0 N–H and O–H groups in total. The van der Waals surface area contributed by atoms with Gasteiger partial charge in [-0.1, -0.05) is 52.8 Å². The average molecular weight is 555 g/mol. The average Bonchev–Trinajstić information content (AvgIpc) is 3.31. The van der Waals surface area contributed by atoms with Gasteiger partial charge in [0.1, 0.15) is 11.3 Å². The highest BCUT2D eigenvalue weighted by Crippen LogP contribution is 2.32. The van der Waals surface area contributed by atoms with E-state index in [1.807, 2.05) is 18.5 Å². The Morgan fingerprint density at radius 1 is 1.00 bits per heavy atom. The van der Waals surface area contributed by atoms with Crippen LogP contribution in [0.15, 0.2) is 48.8 Å². The van der Waals surface area contributed by atoms with Gasteiger partial charge >= 0.3 is 0 Å². The summed E-state index contributed by atoms with van der Waals surface area (Å²) in [4.78, 5) is 19.9. The van der Waals surface area contributed by atoms with Crippen LogP contribution in [0.2, 0.25) is 0 Å². The number of nitrogens with zero attached hydrogens (tertiary/aromatic N) is 6. The number of hydrogen-bond donors (Lipinski definition) is 0. The van der Waals surface area contributed by atoms with E-state index >= 15 is 0 Å². The molecule has 2 aromatic heterocycles. The van der Waals surface area contributed by atoms with Crippen LogP contribution in [0.5, 0.6) is 5.75 Å². The number of benzene rings is 2. The Hall–Kier alpha value is -3.61. The molecule has 0 radical (unpaired) electrons. The Balaban J connectivity index is 1.51. The van der Waals surface area contributed by atoms with Crippen molar-refractivity contribution in [3.05, 3.63) is 71.2 Å². The summed E-state index contributed by atoms with van der Waals surface area (Å²) in [5.74, 6) is 2.15. The first-order valence-corrected chi connectivity index (χ1v) is 14.8. The van der Waals surface area contributed by atoms with Crippen LogP contribution in [0.25, 0.3) is 11.2 Å². The zero-order valence-corrected chi connectivity index (χ0v) is 26.3. The molecule has 1 aliphatic rings. The zero-order valence-electron chi connectivity index (χ0n) is 26.3. The zero-order chi connectivity index (χ0) is 29.5. The quantitative estimate of drug-likeness (QED) is 0.251. The highest BCUT2D eigenvalue weighted by Gasteiger charge is 2.35. The molecule has 0 amide bonds. The first-order valence-electron chi connectivity index (χ1n) is 14.8. The third kappa shape index (κ3) is 6.04. The van der Waals surface area contributed by atoms with Crippen molar-refractivity contribution >= 4 is 22.8 Å². The molecule has 3 heterocycles. The molecule has 5 rings (SSSR count). The minimum absolute atomic E-state index is 0.0865. The fourth-order valence-corrected chi connectivity index (χ4v) is 5.91. The highest BCUT2D eigenvalue weighted by atomic mass is 16.5. The summed E-state index contributed by atoms with van der Waals surface area (Å²) in [5, 5.41) is 0. The molecule has 0 bridgehead atoms. The van der Waals surface area contributed by atoms with E-state index in [0.717, 1.165) is 61.2 Å². The minimum Gasteiger partial charge on any atom is -0.497 e. The molecule has 7 nitrogen and oxygen atoms in total. The van der Waals surface area contributed by atoms with Crippen LogP contribution in [0.1, 0.15) is 70.9 Å². The maximum atomic E-state index is 5.37. The minimum atomic E-state index is -0.111. The van der Waals surface area contributed by atoms with Crippen molar-refractivity contribution in [1.82, 2.24) is 19.5 Å². The molecule has 0 spiro atoms. The lowest BCUT2D eigenvalue weighted by atomic mass is 9.84. The van der Waals surface area contributed by atoms with E-state index in [1.54, 1.807) is 7.11 Å². The van der Waals surface area contributed by atoms with E-state index in [0.29, 0.717) is 5.92 Å². The normalized spacial score (nSPS) is 15.7. The number of aryl methyl sites for hydroxylation is 1. The third-order valence-electron chi connectivity index (χ3n) is 8.24. The van der Waals surface area contributed by atoms with Gasteiger partial charge in [0, 0.05) is 38.3 Å². The number of hydrogen-bond acceptors (Lipinski definition) is 6. The summed E-state index contributed by atoms with van der Waals surface area (Å²) in [6.45, 7) is 21.5. The Morgan fingerprint density at radius 2 is 1.73 bits per heavy atom. The van der Waals surface area contributed by atoms with Gasteiger partial charge in [-0.3, -0.25) is 0 Å². The van der Waals surface area contributed by atoms with Crippen LogP contribution in [0.3, 0.4) is 0 Å². The van der Waals surface area contributed by atoms with Gasteiger partial charge in [0.15, 0.2) is 5.65 Å². The fourth-order valence-electron chi connectivity index (χ4n) is 5.91. The topological polar surface area (TPSA) is 59.3 Å². The number of ether oxygens (including phenoxy) is 1. The summed E-state index contributed by atoms with van der Waals surface area (Å²) >= 11 is 0. The number of fused-ring (bicyclic) bond motifs is 1. The van der Waals surface area contributed by atoms with Crippen LogP contribution in [-0.2, 0) is 18.4 Å². The maximum absolute atomic E-state index is 5.37. The Morgan fingerprint density at radius 3 is 2.37 bits per heavy atom. The molecule has 0 unspecified atom stereocenters. The monoisotopic (exact) mass is 554 g/mol. The lowest BCUT2D eigenvalue weighted by Gasteiger charge is -2.48. The van der Waals surface area contributed by atoms with Crippen LogP contribution < -0.4 is 14.5 Å². The molecular weight excluding hydrogens is 508 g/mol. The molecule has 4 aromatic rings. The number of aromatic nitrogens is 4. The van der Waals surface area contributed by atoms with Gasteiger partial charge in [-0.2, -0.15) is 4.98 Å². The van der Waals surface area contributed by atoms with Crippen molar-refractivity contribution < 1.29 is 4.74 Å². The molecule has 2 aromatic carbocycles. The van der Waals surface area contributed by atoms with Gasteiger partial charge in [-0.15, -0.1) is 0 Å². The van der Waals surface area contributed by atoms with Crippen molar-refractivity contribution in [3.63, 3.8) is 0 Å². The molecule has 41 heavy (non-hydrogen) atoms. The fraction of sp³-hybridized carbons (Fsp3) is 0.500. The first kappa shape index (κ1) is 28.9. The van der Waals surface area contributed by atoms with Crippen molar-refractivity contribution in [2.24, 2.45) is 5.92 Å². The van der Waals surface area contributed by atoms with Crippen LogP contribution in [-0.4, -0.2) is 51.8 Å². The van der Waals surface area contributed by atoms with E-state index in [9.17, 15) is 0 Å². The smallest absolute Gasteiger partial charge is 0.227 e. The predicted octanol–water partition coefficient (Wildman–Crippen LogP) is 6.79. The van der Waals surface area contributed by atoms with Crippen LogP contribution in [0, 0.1) is 12.8 Å². The molecule has 0 atom stereocenters. The van der Waals surface area contributed by atoms with Gasteiger partial charge < -0.3 is 19.1 Å². The SMILES string of the molecule is COc1ccc(N2CCN(c3nc(Cc4cc(C(C)(C)C)ccc4C)c4c(ncn4CC(C)C)n3)CC2(C)C)cc1. The summed E-state index contributed by atoms with van der Waals surface area (Å²) in [7, 11) is 1.71. The van der Waals surface area contributed by atoms with Crippen molar-refractivity contribution in [2.45, 2.75) is 79.3 Å². The number of piperazine rings is 1. The summed E-state index contributed by atoms with van der Waals surface area (Å²) < 4.78 is 7.62. The second-order valence-electron chi connectivity index (χ2n) is 13.6. The van der Waals surface area contributed by atoms with E-state index in [-0.39, 0.29) is 11.0 Å². The largest absolute Gasteiger partial charge is 0.497 e. The van der Waals surface area contributed by atoms with Gasteiger partial charge in [0.05, 0.1) is 24.7 Å². The Bertz CT molecular complexity index is 1510. The van der Waals surface area contributed by atoms with Gasteiger partial charge in [-0.05, 0) is 73.1 Å². The van der Waals surface area contributed by atoms with E-state index < -0.39 is 0 Å². The number of anilines is 2. The van der Waals surface area contributed by atoms with E-state index in [1.165, 1.54) is 22.4 Å². The van der Waals surface area contributed by atoms with Crippen LogP contribution >= 0.6 is 0 Å². The third-order valence-corrected chi connectivity index (χ3v) is 8.24. The molecule has 0 saturated carbocycles. The first-order chi connectivity index (χ1) is 19.4. The van der Waals surface area contributed by atoms with E-state index in [4.69, 9.17) is 19.7 Å². The lowest BCUT2D eigenvalue weighted by molar-refractivity contribution is 0.408. The maximum Gasteiger partial charge on any atom is 0.227 e. The standard InChI is InChI=1S/C34H46N6O/c1-23(2)20-39-22-35-31-30(39)29(19-25-18-26(33(4,5)6)11-10-24(25)3)36-32(37-31)38-16-17-40(34(7,8)21-38)27-12-14-28(41-9)15-13-27/h10-15,18,22-23H,16-17,19-21H2,1-9H3. The van der Waals surface area contributed by atoms with Crippen LogP contribution in [0.4, 0.5) is 11.6 Å². The van der Waals surface area contributed by atoms with Crippen molar-refractivity contribution in [1.29, 1.82) is 0 Å². The van der Waals surface area contributed by atoms with Gasteiger partial charge in [0.2, 0.25) is 5.95 Å².